The summed E-state index contributed by atoms with van der Waals surface area (Å²) in [6.45, 7) is 6.15. The Morgan fingerprint density at radius 1 is 0.862 bits per heavy atom. The number of pyridine rings is 1. The number of aromatic amines is 1. The van der Waals surface area contributed by atoms with Crippen LogP contribution in [0.2, 0.25) is 5.02 Å². The summed E-state index contributed by atoms with van der Waals surface area (Å²) >= 11 is 6.25. The predicted octanol–water partition coefficient (Wildman–Crippen LogP) is 6.45. The SMILES string of the molecule is COc1cc2[nH]c(C)c(-c3ccc(-c4c(C)cccc4C)cc3)c(=O)c2cc1Cl. The van der Waals surface area contributed by atoms with Gasteiger partial charge in [0.05, 0.1) is 17.6 Å². The molecule has 1 N–H and O–H groups in total. The van der Waals surface area contributed by atoms with Gasteiger partial charge in [-0.05, 0) is 54.7 Å². The van der Waals surface area contributed by atoms with Crippen molar-refractivity contribution >= 4 is 22.5 Å². The summed E-state index contributed by atoms with van der Waals surface area (Å²) in [4.78, 5) is 16.6. The molecule has 146 valence electrons. The molecule has 0 aliphatic heterocycles. The minimum Gasteiger partial charge on any atom is -0.495 e. The van der Waals surface area contributed by atoms with Crippen molar-refractivity contribution in [2.75, 3.05) is 7.11 Å². The number of benzene rings is 3. The van der Waals surface area contributed by atoms with E-state index in [9.17, 15) is 4.79 Å². The average molecular weight is 404 g/mol. The van der Waals surface area contributed by atoms with Crippen molar-refractivity contribution < 1.29 is 4.74 Å². The molecule has 3 aromatic carbocycles. The Balaban J connectivity index is 1.86. The Bertz CT molecular complexity index is 1270. The fourth-order valence-corrected chi connectivity index (χ4v) is 4.23. The van der Waals surface area contributed by atoms with E-state index in [1.165, 1.54) is 16.7 Å². The normalized spacial score (nSPS) is 11.1. The second-order valence-electron chi connectivity index (χ2n) is 7.33. The van der Waals surface area contributed by atoms with Crippen LogP contribution in [0, 0.1) is 20.8 Å². The molecule has 0 saturated heterocycles. The van der Waals surface area contributed by atoms with Crippen LogP contribution in [-0.4, -0.2) is 12.1 Å². The van der Waals surface area contributed by atoms with Gasteiger partial charge in [-0.1, -0.05) is 54.1 Å². The number of hydrogen-bond donors (Lipinski definition) is 1. The summed E-state index contributed by atoms with van der Waals surface area (Å²) in [6, 6.07) is 17.9. The zero-order chi connectivity index (χ0) is 20.7. The molecular weight excluding hydrogens is 382 g/mol. The Morgan fingerprint density at radius 3 is 2.03 bits per heavy atom. The highest BCUT2D eigenvalue weighted by atomic mass is 35.5. The second-order valence-corrected chi connectivity index (χ2v) is 7.74. The van der Waals surface area contributed by atoms with Gasteiger partial charge in [-0.15, -0.1) is 0 Å². The molecule has 0 aliphatic carbocycles. The van der Waals surface area contributed by atoms with Crippen LogP contribution >= 0.6 is 11.6 Å². The number of rotatable bonds is 3. The summed E-state index contributed by atoms with van der Waals surface area (Å²) in [6.07, 6.45) is 0. The van der Waals surface area contributed by atoms with Crippen molar-refractivity contribution in [3.05, 3.63) is 86.7 Å². The lowest BCUT2D eigenvalue weighted by atomic mass is 9.93. The minimum absolute atomic E-state index is 0.0411. The Labute approximate surface area is 174 Å². The van der Waals surface area contributed by atoms with Crippen molar-refractivity contribution in [2.24, 2.45) is 0 Å². The summed E-state index contributed by atoms with van der Waals surface area (Å²) in [5, 5.41) is 0.973. The number of hydrogen-bond acceptors (Lipinski definition) is 2. The molecule has 0 amide bonds. The van der Waals surface area contributed by atoms with Gasteiger partial charge in [0.15, 0.2) is 5.43 Å². The molecule has 3 nitrogen and oxygen atoms in total. The number of aromatic nitrogens is 1. The Kier molecular flexibility index (Phi) is 4.93. The summed E-state index contributed by atoms with van der Waals surface area (Å²) < 4.78 is 5.27. The molecule has 29 heavy (non-hydrogen) atoms. The zero-order valence-electron chi connectivity index (χ0n) is 16.9. The van der Waals surface area contributed by atoms with E-state index in [0.717, 1.165) is 16.8 Å². The monoisotopic (exact) mass is 403 g/mol. The first-order valence-electron chi connectivity index (χ1n) is 9.48. The first kappa shape index (κ1) is 19.3. The van der Waals surface area contributed by atoms with E-state index in [2.05, 4.69) is 49.2 Å². The molecule has 0 bridgehead atoms. The van der Waals surface area contributed by atoms with Gasteiger partial charge in [-0.25, -0.2) is 0 Å². The lowest BCUT2D eigenvalue weighted by molar-refractivity contribution is 0.415. The van der Waals surface area contributed by atoms with E-state index >= 15 is 0 Å². The standard InChI is InChI=1S/C25H22ClNO2/c1-14-6-5-7-15(2)23(14)17-8-10-18(11-9-17)24-16(3)27-21-13-22(29-4)20(26)12-19(21)25(24)28/h5-13H,1-4H3,(H,27,28). The maximum absolute atomic E-state index is 13.2. The Hall–Kier alpha value is -3.04. The summed E-state index contributed by atoms with van der Waals surface area (Å²) in [5.74, 6) is 0.542. The van der Waals surface area contributed by atoms with Crippen LogP contribution in [0.15, 0.2) is 59.4 Å². The third kappa shape index (κ3) is 3.32. The van der Waals surface area contributed by atoms with E-state index in [-0.39, 0.29) is 5.43 Å². The quantitative estimate of drug-likeness (QED) is 0.427. The Morgan fingerprint density at radius 2 is 1.45 bits per heavy atom. The molecule has 4 aromatic rings. The summed E-state index contributed by atoms with van der Waals surface area (Å²) in [7, 11) is 1.56. The van der Waals surface area contributed by atoms with Crippen molar-refractivity contribution in [2.45, 2.75) is 20.8 Å². The molecule has 0 fully saturated rings. The van der Waals surface area contributed by atoms with Crippen LogP contribution in [0.3, 0.4) is 0 Å². The van der Waals surface area contributed by atoms with Crippen molar-refractivity contribution in [1.82, 2.24) is 4.98 Å². The number of fused-ring (bicyclic) bond motifs is 1. The van der Waals surface area contributed by atoms with Crippen molar-refractivity contribution in [3.8, 4) is 28.0 Å². The minimum atomic E-state index is -0.0411. The number of ether oxygens (including phenoxy) is 1. The maximum atomic E-state index is 13.2. The molecule has 4 rings (SSSR count). The molecule has 0 spiro atoms. The lowest BCUT2D eigenvalue weighted by Gasteiger charge is -2.13. The first-order valence-corrected chi connectivity index (χ1v) is 9.85. The van der Waals surface area contributed by atoms with E-state index in [0.29, 0.717) is 27.2 Å². The first-order chi connectivity index (χ1) is 13.9. The van der Waals surface area contributed by atoms with Crippen LogP contribution < -0.4 is 10.2 Å². The smallest absolute Gasteiger partial charge is 0.197 e. The molecule has 0 atom stereocenters. The lowest BCUT2D eigenvalue weighted by Crippen LogP contribution is -2.10. The molecular formula is C25H22ClNO2. The van der Waals surface area contributed by atoms with Gasteiger partial charge in [-0.2, -0.15) is 0 Å². The highest BCUT2D eigenvalue weighted by molar-refractivity contribution is 6.32. The molecule has 0 radical (unpaired) electrons. The van der Waals surface area contributed by atoms with Crippen LogP contribution in [0.25, 0.3) is 33.2 Å². The van der Waals surface area contributed by atoms with Crippen molar-refractivity contribution in [3.63, 3.8) is 0 Å². The van der Waals surface area contributed by atoms with E-state index < -0.39 is 0 Å². The zero-order valence-corrected chi connectivity index (χ0v) is 17.6. The maximum Gasteiger partial charge on any atom is 0.197 e. The van der Waals surface area contributed by atoms with Crippen LogP contribution in [-0.2, 0) is 0 Å². The fourth-order valence-electron chi connectivity index (χ4n) is 3.99. The van der Waals surface area contributed by atoms with E-state index in [1.54, 1.807) is 19.2 Å². The van der Waals surface area contributed by atoms with Crippen LogP contribution in [0.4, 0.5) is 0 Å². The predicted molar refractivity (Wildman–Crippen MR) is 121 cm³/mol. The molecule has 0 saturated carbocycles. The number of H-pyrrole nitrogens is 1. The highest BCUT2D eigenvalue weighted by Crippen LogP contribution is 2.32. The van der Waals surface area contributed by atoms with Gasteiger partial charge in [0.25, 0.3) is 0 Å². The molecule has 4 heteroatoms. The molecule has 1 heterocycles. The van der Waals surface area contributed by atoms with Crippen molar-refractivity contribution in [1.29, 1.82) is 0 Å². The van der Waals surface area contributed by atoms with Gasteiger partial charge in [-0.3, -0.25) is 4.79 Å². The molecule has 0 unspecified atom stereocenters. The molecule has 1 aromatic heterocycles. The average Bonchev–Trinajstić information content (AvgIpc) is 2.69. The van der Waals surface area contributed by atoms with E-state index in [1.807, 2.05) is 19.1 Å². The van der Waals surface area contributed by atoms with E-state index in [4.69, 9.17) is 16.3 Å². The van der Waals surface area contributed by atoms with Crippen LogP contribution in [0.1, 0.15) is 16.8 Å². The third-order valence-corrected chi connectivity index (χ3v) is 5.70. The number of aryl methyl sites for hydroxylation is 3. The topological polar surface area (TPSA) is 42.1 Å². The highest BCUT2D eigenvalue weighted by Gasteiger charge is 2.14. The number of nitrogens with one attached hydrogen (secondary N) is 1. The van der Waals surface area contributed by atoms with Crippen LogP contribution in [0.5, 0.6) is 5.75 Å². The summed E-state index contributed by atoms with van der Waals surface area (Å²) in [5.41, 5.74) is 7.88. The van der Waals surface area contributed by atoms with Gasteiger partial charge < -0.3 is 9.72 Å². The number of methoxy groups -OCH3 is 1. The third-order valence-electron chi connectivity index (χ3n) is 5.40. The van der Waals surface area contributed by atoms with Gasteiger partial charge in [0.2, 0.25) is 0 Å². The fraction of sp³-hybridized carbons (Fsp3) is 0.160. The van der Waals surface area contributed by atoms with Gasteiger partial charge in [0, 0.05) is 22.7 Å². The molecule has 0 aliphatic rings. The second kappa shape index (κ2) is 7.41. The van der Waals surface area contributed by atoms with Gasteiger partial charge >= 0.3 is 0 Å². The number of halogens is 1. The largest absolute Gasteiger partial charge is 0.495 e. The van der Waals surface area contributed by atoms with Gasteiger partial charge in [0.1, 0.15) is 5.75 Å².